The first kappa shape index (κ1) is 9.86. The molecule has 1 unspecified atom stereocenters. The molecule has 2 aliphatic rings. The maximum absolute atomic E-state index is 5.80. The lowest BCUT2D eigenvalue weighted by atomic mass is 9.87. The monoisotopic (exact) mass is 197 g/mol. The molecule has 4 nitrogen and oxygen atoms in total. The van der Waals surface area contributed by atoms with E-state index < -0.39 is 0 Å². The lowest BCUT2D eigenvalue weighted by Crippen LogP contribution is -2.41. The van der Waals surface area contributed by atoms with Gasteiger partial charge in [-0.05, 0) is 27.7 Å². The Morgan fingerprint density at radius 2 is 1.71 bits per heavy atom. The van der Waals surface area contributed by atoms with Gasteiger partial charge in [-0.1, -0.05) is 0 Å². The summed E-state index contributed by atoms with van der Waals surface area (Å²) in [4.78, 5) is 0. The molecule has 0 aromatic carbocycles. The summed E-state index contributed by atoms with van der Waals surface area (Å²) >= 11 is 0. The van der Waals surface area contributed by atoms with E-state index in [2.05, 4.69) is 5.32 Å². The fourth-order valence-electron chi connectivity index (χ4n) is 1.45. The summed E-state index contributed by atoms with van der Waals surface area (Å²) in [5.41, 5.74) is -0.601. The van der Waals surface area contributed by atoms with Crippen molar-refractivity contribution in [2.75, 3.05) is 0 Å². The Balaban J connectivity index is 2.06. The van der Waals surface area contributed by atoms with E-state index in [4.69, 9.17) is 14.0 Å². The first-order chi connectivity index (χ1) is 6.42. The third-order valence-electron chi connectivity index (χ3n) is 3.07. The Bertz CT molecular complexity index is 241. The molecule has 1 N–H and O–H groups in total. The average molecular weight is 197 g/mol. The van der Waals surface area contributed by atoms with Crippen molar-refractivity contribution in [3.63, 3.8) is 0 Å². The molecule has 1 fully saturated rings. The number of rotatable bonds is 1. The van der Waals surface area contributed by atoms with E-state index in [0.29, 0.717) is 0 Å². The van der Waals surface area contributed by atoms with Gasteiger partial charge in [-0.3, -0.25) is 0 Å². The summed E-state index contributed by atoms with van der Waals surface area (Å²) in [5, 5.41) is 3.02. The van der Waals surface area contributed by atoms with Crippen LogP contribution in [-0.2, 0) is 14.0 Å². The Morgan fingerprint density at radius 3 is 2.14 bits per heavy atom. The second-order valence-electron chi connectivity index (χ2n) is 4.65. The molecule has 1 saturated heterocycles. The fourth-order valence-corrected chi connectivity index (χ4v) is 1.45. The second kappa shape index (κ2) is 2.91. The van der Waals surface area contributed by atoms with Crippen LogP contribution in [-0.4, -0.2) is 24.4 Å². The molecule has 0 aliphatic carbocycles. The van der Waals surface area contributed by atoms with Crippen molar-refractivity contribution in [3.8, 4) is 0 Å². The molecule has 0 aromatic rings. The van der Waals surface area contributed by atoms with Gasteiger partial charge >= 0.3 is 7.12 Å². The van der Waals surface area contributed by atoms with Crippen molar-refractivity contribution in [1.29, 1.82) is 0 Å². The predicted molar refractivity (Wildman–Crippen MR) is 53.2 cm³/mol. The van der Waals surface area contributed by atoms with E-state index in [-0.39, 0.29) is 24.4 Å². The van der Waals surface area contributed by atoms with E-state index in [1.807, 2.05) is 27.7 Å². The molecule has 0 amide bonds. The lowest BCUT2D eigenvalue weighted by molar-refractivity contribution is 0.00578. The molecular formula is C9H16BNO3. The standard InChI is InChI=1S/C9H16BNO3/c1-8(2)9(3,4)14-10(13-8)7-11-5-6-12-7/h5-7,11H,1-4H3. The van der Waals surface area contributed by atoms with Gasteiger partial charge in [0.05, 0.1) is 11.2 Å². The zero-order valence-electron chi connectivity index (χ0n) is 9.03. The van der Waals surface area contributed by atoms with Crippen molar-refractivity contribution in [3.05, 3.63) is 12.5 Å². The van der Waals surface area contributed by atoms with Crippen molar-refractivity contribution in [2.24, 2.45) is 0 Å². The van der Waals surface area contributed by atoms with Crippen molar-refractivity contribution >= 4 is 7.12 Å². The SMILES string of the molecule is CC1(C)OB(C2NC=CO2)OC1(C)C. The smallest absolute Gasteiger partial charge is 0.478 e. The summed E-state index contributed by atoms with van der Waals surface area (Å²) in [6.45, 7) is 8.09. The van der Waals surface area contributed by atoms with Crippen LogP contribution in [0.4, 0.5) is 0 Å². The summed E-state index contributed by atoms with van der Waals surface area (Å²) in [6, 6.07) is 0. The normalized spacial score (nSPS) is 32.9. The number of hydrogen-bond acceptors (Lipinski definition) is 4. The Labute approximate surface area is 84.7 Å². The highest BCUT2D eigenvalue weighted by atomic mass is 16.7. The first-order valence-electron chi connectivity index (χ1n) is 4.85. The molecule has 5 heteroatoms. The van der Waals surface area contributed by atoms with Crippen molar-refractivity contribution in [1.82, 2.24) is 5.32 Å². The van der Waals surface area contributed by atoms with Crippen LogP contribution < -0.4 is 5.32 Å². The molecule has 0 spiro atoms. The van der Waals surface area contributed by atoms with Gasteiger partial charge in [-0.2, -0.15) is 0 Å². The molecule has 0 aromatic heterocycles. The maximum atomic E-state index is 5.80. The van der Waals surface area contributed by atoms with Crippen LogP contribution in [0.15, 0.2) is 12.5 Å². The Kier molecular flexibility index (Phi) is 2.05. The molecule has 0 radical (unpaired) electrons. The molecule has 78 valence electrons. The minimum Gasteiger partial charge on any atom is -0.478 e. The Hall–Kier alpha value is -0.675. The van der Waals surface area contributed by atoms with E-state index in [1.165, 1.54) is 0 Å². The molecular weight excluding hydrogens is 181 g/mol. The highest BCUT2D eigenvalue weighted by Gasteiger charge is 2.55. The van der Waals surface area contributed by atoms with Crippen LogP contribution in [0.5, 0.6) is 0 Å². The van der Waals surface area contributed by atoms with Crippen molar-refractivity contribution < 1.29 is 14.0 Å². The fraction of sp³-hybridized carbons (Fsp3) is 0.778. The van der Waals surface area contributed by atoms with Gasteiger partial charge in [0.1, 0.15) is 6.26 Å². The van der Waals surface area contributed by atoms with Crippen LogP contribution in [0, 0.1) is 0 Å². The Morgan fingerprint density at radius 1 is 1.14 bits per heavy atom. The minimum atomic E-state index is -0.352. The molecule has 2 rings (SSSR count). The summed E-state index contributed by atoms with van der Waals surface area (Å²) in [6.07, 6.45) is 3.13. The van der Waals surface area contributed by atoms with Crippen LogP contribution in [0.3, 0.4) is 0 Å². The summed E-state index contributed by atoms with van der Waals surface area (Å²) in [7, 11) is -0.352. The second-order valence-corrected chi connectivity index (χ2v) is 4.65. The van der Waals surface area contributed by atoms with Gasteiger partial charge < -0.3 is 19.4 Å². The third-order valence-corrected chi connectivity index (χ3v) is 3.07. The van der Waals surface area contributed by atoms with E-state index in [0.717, 1.165) is 0 Å². The van der Waals surface area contributed by atoms with Gasteiger partial charge in [0.2, 0.25) is 6.13 Å². The van der Waals surface area contributed by atoms with Gasteiger partial charge in [-0.25, -0.2) is 0 Å². The van der Waals surface area contributed by atoms with Gasteiger partial charge in [0.15, 0.2) is 0 Å². The highest BCUT2D eigenvalue weighted by Crippen LogP contribution is 2.37. The van der Waals surface area contributed by atoms with E-state index >= 15 is 0 Å². The van der Waals surface area contributed by atoms with E-state index in [1.54, 1.807) is 12.5 Å². The number of hydrogen-bond donors (Lipinski definition) is 1. The maximum Gasteiger partial charge on any atom is 0.524 e. The van der Waals surface area contributed by atoms with Gasteiger partial charge in [0.25, 0.3) is 0 Å². The molecule has 2 heterocycles. The minimum absolute atomic E-state index is 0.226. The van der Waals surface area contributed by atoms with Crippen LogP contribution in [0.2, 0.25) is 0 Å². The highest BCUT2D eigenvalue weighted by molar-refractivity contribution is 6.47. The van der Waals surface area contributed by atoms with Crippen molar-refractivity contribution in [2.45, 2.75) is 45.0 Å². The summed E-state index contributed by atoms with van der Waals surface area (Å²) in [5.74, 6) is 0. The number of nitrogens with one attached hydrogen (secondary N) is 1. The molecule has 1 atom stereocenters. The first-order valence-corrected chi connectivity index (χ1v) is 4.85. The van der Waals surface area contributed by atoms with E-state index in [9.17, 15) is 0 Å². The zero-order chi connectivity index (χ0) is 10.4. The lowest BCUT2D eigenvalue weighted by Gasteiger charge is -2.32. The van der Waals surface area contributed by atoms with Gasteiger partial charge in [0, 0.05) is 6.20 Å². The van der Waals surface area contributed by atoms with Crippen LogP contribution >= 0.6 is 0 Å². The topological polar surface area (TPSA) is 39.7 Å². The van der Waals surface area contributed by atoms with Crippen LogP contribution in [0.25, 0.3) is 0 Å². The summed E-state index contributed by atoms with van der Waals surface area (Å²) < 4.78 is 16.9. The predicted octanol–water partition coefficient (Wildman–Crippen LogP) is 1.03. The average Bonchev–Trinajstić information content (AvgIpc) is 2.58. The number of ether oxygens (including phenoxy) is 1. The zero-order valence-corrected chi connectivity index (χ0v) is 9.03. The molecule has 0 saturated carbocycles. The van der Waals surface area contributed by atoms with Gasteiger partial charge in [-0.15, -0.1) is 0 Å². The van der Waals surface area contributed by atoms with Crippen LogP contribution in [0.1, 0.15) is 27.7 Å². The quantitative estimate of drug-likeness (QED) is 0.637. The molecule has 0 bridgehead atoms. The largest absolute Gasteiger partial charge is 0.524 e. The third kappa shape index (κ3) is 1.40. The molecule has 14 heavy (non-hydrogen) atoms. The molecule has 2 aliphatic heterocycles.